The highest BCUT2D eigenvalue weighted by atomic mass is 19.1. The summed E-state index contributed by atoms with van der Waals surface area (Å²) in [6, 6.07) is 5.06. The number of benzene rings is 1. The molecule has 1 aromatic rings. The monoisotopic (exact) mass is 279 g/mol. The van der Waals surface area contributed by atoms with Crippen LogP contribution in [-0.4, -0.2) is 28.1 Å². The Morgan fingerprint density at radius 3 is 2.75 bits per heavy atom. The molecule has 0 spiro atoms. The first kappa shape index (κ1) is 15.0. The Bertz CT molecular complexity index is 517. The fraction of sp³-hybridized carbons (Fsp3) is 0.562. The van der Waals surface area contributed by atoms with E-state index in [1.807, 2.05) is 17.9 Å². The number of carboxylic acids is 1. The summed E-state index contributed by atoms with van der Waals surface area (Å²) in [5.41, 5.74) is 0.585. The molecular formula is C16H22FNO2. The first-order valence-corrected chi connectivity index (χ1v) is 7.12. The van der Waals surface area contributed by atoms with E-state index in [4.69, 9.17) is 0 Å². The van der Waals surface area contributed by atoms with Crippen molar-refractivity contribution in [2.24, 2.45) is 0 Å². The van der Waals surface area contributed by atoms with Crippen LogP contribution in [0.1, 0.15) is 50.3 Å². The number of rotatable bonds is 3. The minimum absolute atomic E-state index is 0.105. The third kappa shape index (κ3) is 2.57. The van der Waals surface area contributed by atoms with Gasteiger partial charge in [-0.25, -0.2) is 4.39 Å². The van der Waals surface area contributed by atoms with E-state index in [1.54, 1.807) is 19.9 Å². The number of hydrogen-bond donors (Lipinski definition) is 1. The lowest BCUT2D eigenvalue weighted by atomic mass is 9.86. The molecule has 0 aromatic heterocycles. The van der Waals surface area contributed by atoms with Crippen LogP contribution in [0.3, 0.4) is 0 Å². The second-order valence-corrected chi connectivity index (χ2v) is 5.91. The smallest absolute Gasteiger partial charge is 0.323 e. The molecule has 1 aliphatic rings. The molecular weight excluding hydrogens is 257 g/mol. The number of hydrogen-bond acceptors (Lipinski definition) is 2. The summed E-state index contributed by atoms with van der Waals surface area (Å²) in [4.78, 5) is 13.6. The molecule has 0 bridgehead atoms. The molecule has 0 amide bonds. The van der Waals surface area contributed by atoms with Gasteiger partial charge in [0.2, 0.25) is 0 Å². The van der Waals surface area contributed by atoms with E-state index in [-0.39, 0.29) is 11.9 Å². The zero-order valence-electron chi connectivity index (χ0n) is 12.3. The predicted molar refractivity (Wildman–Crippen MR) is 76.1 cm³/mol. The Balaban J connectivity index is 2.32. The molecule has 0 aliphatic carbocycles. The summed E-state index contributed by atoms with van der Waals surface area (Å²) in [5, 5.41) is 9.55. The topological polar surface area (TPSA) is 40.5 Å². The van der Waals surface area contributed by atoms with E-state index < -0.39 is 11.5 Å². The van der Waals surface area contributed by atoms with Crippen LogP contribution >= 0.6 is 0 Å². The Morgan fingerprint density at radius 1 is 1.45 bits per heavy atom. The summed E-state index contributed by atoms with van der Waals surface area (Å²) in [6.07, 6.45) is 2.55. The molecule has 1 aromatic carbocycles. The van der Waals surface area contributed by atoms with E-state index >= 15 is 0 Å². The average molecular weight is 279 g/mol. The molecule has 2 unspecified atom stereocenters. The van der Waals surface area contributed by atoms with Crippen molar-refractivity contribution >= 4 is 5.97 Å². The van der Waals surface area contributed by atoms with Crippen molar-refractivity contribution in [3.05, 3.63) is 35.1 Å². The molecule has 1 saturated heterocycles. The van der Waals surface area contributed by atoms with Gasteiger partial charge in [-0.15, -0.1) is 0 Å². The van der Waals surface area contributed by atoms with Gasteiger partial charge in [-0.1, -0.05) is 12.1 Å². The quantitative estimate of drug-likeness (QED) is 0.920. The number of likely N-dealkylation sites (tertiary alicyclic amines) is 1. The van der Waals surface area contributed by atoms with E-state index in [0.29, 0.717) is 12.0 Å². The van der Waals surface area contributed by atoms with Crippen LogP contribution in [-0.2, 0) is 4.79 Å². The number of aryl methyl sites for hydroxylation is 1. The summed E-state index contributed by atoms with van der Waals surface area (Å²) >= 11 is 0. The van der Waals surface area contributed by atoms with Crippen LogP contribution in [0.15, 0.2) is 18.2 Å². The predicted octanol–water partition coefficient (Wildman–Crippen LogP) is 3.52. The van der Waals surface area contributed by atoms with Crippen molar-refractivity contribution < 1.29 is 14.3 Å². The van der Waals surface area contributed by atoms with Gasteiger partial charge in [-0.05, 0) is 63.8 Å². The maximum Gasteiger partial charge on any atom is 0.323 e. The van der Waals surface area contributed by atoms with Crippen molar-refractivity contribution in [1.82, 2.24) is 4.90 Å². The fourth-order valence-corrected chi connectivity index (χ4v) is 3.04. The van der Waals surface area contributed by atoms with Crippen LogP contribution in [0, 0.1) is 12.7 Å². The molecule has 2 rings (SSSR count). The van der Waals surface area contributed by atoms with E-state index in [2.05, 4.69) is 0 Å². The second-order valence-electron chi connectivity index (χ2n) is 5.91. The normalized spacial score (nSPS) is 25.4. The van der Waals surface area contributed by atoms with E-state index in [9.17, 15) is 14.3 Å². The molecule has 3 nitrogen and oxygen atoms in total. The average Bonchev–Trinajstić information content (AvgIpc) is 2.41. The molecule has 0 saturated carbocycles. The lowest BCUT2D eigenvalue weighted by Gasteiger charge is -2.45. The third-order valence-corrected chi connectivity index (χ3v) is 4.55. The van der Waals surface area contributed by atoms with Gasteiger partial charge in [-0.2, -0.15) is 0 Å². The van der Waals surface area contributed by atoms with Gasteiger partial charge in [-0.3, -0.25) is 9.69 Å². The number of piperidine rings is 1. The Morgan fingerprint density at radius 2 is 2.15 bits per heavy atom. The van der Waals surface area contributed by atoms with Crippen LogP contribution in [0.4, 0.5) is 4.39 Å². The molecule has 0 radical (unpaired) electrons. The highest BCUT2D eigenvalue weighted by molar-refractivity contribution is 5.78. The van der Waals surface area contributed by atoms with Crippen molar-refractivity contribution in [2.45, 2.75) is 51.6 Å². The van der Waals surface area contributed by atoms with Gasteiger partial charge in [0.25, 0.3) is 0 Å². The van der Waals surface area contributed by atoms with Crippen LogP contribution in [0.2, 0.25) is 0 Å². The first-order chi connectivity index (χ1) is 9.36. The second kappa shape index (κ2) is 5.52. The molecule has 2 atom stereocenters. The zero-order valence-corrected chi connectivity index (χ0v) is 12.3. The number of carbonyl (C=O) groups is 1. The highest BCUT2D eigenvalue weighted by Gasteiger charge is 2.43. The standard InChI is InChI=1S/C16H22FNO2/c1-11-6-7-13(10-14(11)17)12(2)18-9-5-4-8-16(18,3)15(19)20/h6-7,10,12H,4-5,8-9H2,1-3H3,(H,19,20). The molecule has 20 heavy (non-hydrogen) atoms. The number of aliphatic carboxylic acids is 1. The van der Waals surface area contributed by atoms with Crippen molar-refractivity contribution in [2.75, 3.05) is 6.54 Å². The van der Waals surface area contributed by atoms with E-state index in [1.165, 1.54) is 6.07 Å². The minimum atomic E-state index is -0.862. The molecule has 1 N–H and O–H groups in total. The van der Waals surface area contributed by atoms with Gasteiger partial charge in [0.1, 0.15) is 11.4 Å². The Kier molecular flexibility index (Phi) is 4.14. The van der Waals surface area contributed by atoms with Gasteiger partial charge in [0.05, 0.1) is 0 Å². The van der Waals surface area contributed by atoms with Crippen molar-refractivity contribution in [1.29, 1.82) is 0 Å². The summed E-state index contributed by atoms with van der Waals surface area (Å²) in [6.45, 7) is 6.19. The molecule has 1 heterocycles. The maximum atomic E-state index is 13.7. The van der Waals surface area contributed by atoms with Gasteiger partial charge in [0.15, 0.2) is 0 Å². The lowest BCUT2D eigenvalue weighted by molar-refractivity contribution is -0.155. The highest BCUT2D eigenvalue weighted by Crippen LogP contribution is 2.36. The molecule has 1 aliphatic heterocycles. The molecule has 110 valence electrons. The fourth-order valence-electron chi connectivity index (χ4n) is 3.04. The Labute approximate surface area is 119 Å². The van der Waals surface area contributed by atoms with Crippen LogP contribution in [0.25, 0.3) is 0 Å². The lowest BCUT2D eigenvalue weighted by Crippen LogP contribution is -2.55. The van der Waals surface area contributed by atoms with E-state index in [0.717, 1.165) is 24.9 Å². The summed E-state index contributed by atoms with van der Waals surface area (Å²) in [7, 11) is 0. The zero-order chi connectivity index (χ0) is 14.9. The van der Waals surface area contributed by atoms with Crippen molar-refractivity contribution in [3.63, 3.8) is 0 Å². The number of carboxylic acid groups (broad SMARTS) is 1. The summed E-state index contributed by atoms with van der Waals surface area (Å²) < 4.78 is 13.7. The third-order valence-electron chi connectivity index (χ3n) is 4.55. The SMILES string of the molecule is Cc1ccc(C(C)N2CCCCC2(C)C(=O)O)cc1F. The first-order valence-electron chi connectivity index (χ1n) is 7.12. The minimum Gasteiger partial charge on any atom is -0.480 e. The van der Waals surface area contributed by atoms with Crippen molar-refractivity contribution in [3.8, 4) is 0 Å². The largest absolute Gasteiger partial charge is 0.480 e. The van der Waals surface area contributed by atoms with Gasteiger partial charge in [0, 0.05) is 6.04 Å². The number of halogens is 1. The number of nitrogens with zero attached hydrogens (tertiary/aromatic N) is 1. The van der Waals surface area contributed by atoms with Crippen LogP contribution < -0.4 is 0 Å². The summed E-state index contributed by atoms with van der Waals surface area (Å²) in [5.74, 6) is -1.03. The van der Waals surface area contributed by atoms with Gasteiger partial charge >= 0.3 is 5.97 Å². The van der Waals surface area contributed by atoms with Gasteiger partial charge < -0.3 is 5.11 Å². The molecule has 1 fully saturated rings. The Hall–Kier alpha value is -1.42. The maximum absolute atomic E-state index is 13.7. The van der Waals surface area contributed by atoms with Crippen LogP contribution in [0.5, 0.6) is 0 Å². The molecule has 4 heteroatoms.